The maximum atomic E-state index is 9.81. The number of nitrogens with one attached hydrogen (secondary N) is 1. The van der Waals surface area contributed by atoms with E-state index < -0.39 is 0 Å². The van der Waals surface area contributed by atoms with Crippen LogP contribution >= 0.6 is 0 Å². The zero-order valence-corrected chi connectivity index (χ0v) is 12.7. The standard InChI is InChI=1S/C17H27NO2/c1-13(2)10-17(8-3-4-9-17)12-18-11-14-6-5-7-15(19)16(14)20/h5-7,13,18-20H,3-4,8-12H2,1-2H3. The molecule has 0 bridgehead atoms. The Morgan fingerprint density at radius 3 is 2.55 bits per heavy atom. The molecule has 1 aromatic carbocycles. The third-order valence-electron chi connectivity index (χ3n) is 4.42. The molecule has 0 amide bonds. The first-order valence-electron chi connectivity index (χ1n) is 7.73. The average molecular weight is 277 g/mol. The number of hydrogen-bond donors (Lipinski definition) is 3. The second kappa shape index (κ2) is 6.49. The third kappa shape index (κ3) is 3.66. The van der Waals surface area contributed by atoms with Crippen LogP contribution in [0.25, 0.3) is 0 Å². The van der Waals surface area contributed by atoms with E-state index in [1.54, 1.807) is 6.07 Å². The van der Waals surface area contributed by atoms with Crippen molar-refractivity contribution in [2.45, 2.75) is 52.5 Å². The van der Waals surface area contributed by atoms with Crippen molar-refractivity contribution in [3.05, 3.63) is 23.8 Å². The van der Waals surface area contributed by atoms with E-state index in [1.165, 1.54) is 38.2 Å². The van der Waals surface area contributed by atoms with Gasteiger partial charge >= 0.3 is 0 Å². The van der Waals surface area contributed by atoms with E-state index >= 15 is 0 Å². The molecule has 1 aliphatic rings. The maximum absolute atomic E-state index is 9.81. The van der Waals surface area contributed by atoms with Crippen LogP contribution < -0.4 is 5.32 Å². The number of aromatic hydroxyl groups is 2. The summed E-state index contributed by atoms with van der Waals surface area (Å²) in [5.74, 6) is 0.690. The molecule has 2 rings (SSSR count). The fourth-order valence-electron chi connectivity index (χ4n) is 3.63. The highest BCUT2D eigenvalue weighted by Crippen LogP contribution is 2.42. The van der Waals surface area contributed by atoms with Crippen LogP contribution in [0.3, 0.4) is 0 Å². The van der Waals surface area contributed by atoms with Gasteiger partial charge in [-0.1, -0.05) is 38.8 Å². The molecule has 1 fully saturated rings. The van der Waals surface area contributed by atoms with Crippen LogP contribution in [0.5, 0.6) is 11.5 Å². The Morgan fingerprint density at radius 2 is 1.90 bits per heavy atom. The van der Waals surface area contributed by atoms with Crippen LogP contribution in [-0.4, -0.2) is 16.8 Å². The Kier molecular flexibility index (Phi) is 4.92. The number of benzene rings is 1. The number of phenolic OH excluding ortho intramolecular Hbond substituents is 2. The minimum absolute atomic E-state index is 0.00401. The molecule has 0 unspecified atom stereocenters. The fourth-order valence-corrected chi connectivity index (χ4v) is 3.63. The Bertz CT molecular complexity index is 437. The van der Waals surface area contributed by atoms with Gasteiger partial charge in [-0.05, 0) is 36.7 Å². The SMILES string of the molecule is CC(C)CC1(CNCc2cccc(O)c2O)CCCC1. The molecular formula is C17H27NO2. The van der Waals surface area contributed by atoms with E-state index in [9.17, 15) is 10.2 Å². The van der Waals surface area contributed by atoms with Crippen molar-refractivity contribution in [2.24, 2.45) is 11.3 Å². The molecule has 0 atom stereocenters. The largest absolute Gasteiger partial charge is 0.504 e. The van der Waals surface area contributed by atoms with Crippen molar-refractivity contribution < 1.29 is 10.2 Å². The highest BCUT2D eigenvalue weighted by atomic mass is 16.3. The Hall–Kier alpha value is -1.22. The van der Waals surface area contributed by atoms with Gasteiger partial charge in [0.2, 0.25) is 0 Å². The lowest BCUT2D eigenvalue weighted by molar-refractivity contribution is 0.223. The summed E-state index contributed by atoms with van der Waals surface area (Å²) in [5.41, 5.74) is 1.20. The lowest BCUT2D eigenvalue weighted by Gasteiger charge is -2.31. The van der Waals surface area contributed by atoms with Gasteiger partial charge in [-0.2, -0.15) is 0 Å². The predicted octanol–water partition coefficient (Wildman–Crippen LogP) is 3.79. The summed E-state index contributed by atoms with van der Waals surface area (Å²) < 4.78 is 0. The summed E-state index contributed by atoms with van der Waals surface area (Å²) in [7, 11) is 0. The van der Waals surface area contributed by atoms with Gasteiger partial charge in [-0.15, -0.1) is 0 Å². The normalized spacial score (nSPS) is 17.8. The molecule has 20 heavy (non-hydrogen) atoms. The van der Waals surface area contributed by atoms with Crippen LogP contribution in [0, 0.1) is 11.3 Å². The molecule has 3 nitrogen and oxygen atoms in total. The molecule has 1 aliphatic carbocycles. The zero-order valence-electron chi connectivity index (χ0n) is 12.7. The molecule has 3 heteroatoms. The van der Waals surface area contributed by atoms with Crippen LogP contribution in [0.1, 0.15) is 51.5 Å². The first kappa shape index (κ1) is 15.2. The average Bonchev–Trinajstić information content (AvgIpc) is 2.82. The van der Waals surface area contributed by atoms with Crippen LogP contribution in [0.15, 0.2) is 18.2 Å². The Balaban J connectivity index is 1.92. The molecular weight excluding hydrogens is 250 g/mol. The highest BCUT2D eigenvalue weighted by Gasteiger charge is 2.33. The molecule has 0 radical (unpaired) electrons. The van der Waals surface area contributed by atoms with Crippen LogP contribution in [0.4, 0.5) is 0 Å². The Morgan fingerprint density at radius 1 is 1.20 bits per heavy atom. The summed E-state index contributed by atoms with van der Waals surface area (Å²) >= 11 is 0. The molecule has 0 aromatic heterocycles. The number of hydrogen-bond acceptors (Lipinski definition) is 3. The van der Waals surface area contributed by atoms with Gasteiger partial charge in [-0.25, -0.2) is 0 Å². The maximum Gasteiger partial charge on any atom is 0.161 e. The van der Waals surface area contributed by atoms with Crippen molar-refractivity contribution >= 4 is 0 Å². The van der Waals surface area contributed by atoms with Gasteiger partial charge in [0.1, 0.15) is 0 Å². The lowest BCUT2D eigenvalue weighted by atomic mass is 9.78. The van der Waals surface area contributed by atoms with E-state index in [-0.39, 0.29) is 11.5 Å². The van der Waals surface area contributed by atoms with E-state index in [4.69, 9.17) is 0 Å². The van der Waals surface area contributed by atoms with Crippen molar-refractivity contribution in [3.8, 4) is 11.5 Å². The lowest BCUT2D eigenvalue weighted by Crippen LogP contribution is -2.33. The van der Waals surface area contributed by atoms with E-state index in [2.05, 4.69) is 19.2 Å². The van der Waals surface area contributed by atoms with Gasteiger partial charge in [0.25, 0.3) is 0 Å². The minimum atomic E-state index is -0.0398. The molecule has 0 heterocycles. The predicted molar refractivity (Wildman–Crippen MR) is 81.8 cm³/mol. The summed E-state index contributed by atoms with van der Waals surface area (Å²) in [4.78, 5) is 0. The highest BCUT2D eigenvalue weighted by molar-refractivity contribution is 5.44. The van der Waals surface area contributed by atoms with Crippen LogP contribution in [0.2, 0.25) is 0 Å². The summed E-state index contributed by atoms with van der Waals surface area (Å²) in [6.45, 7) is 6.20. The number of phenols is 2. The molecule has 0 saturated heterocycles. The monoisotopic (exact) mass is 277 g/mol. The molecule has 1 aromatic rings. The topological polar surface area (TPSA) is 52.5 Å². The number of para-hydroxylation sites is 1. The van der Waals surface area contributed by atoms with Crippen molar-refractivity contribution in [2.75, 3.05) is 6.54 Å². The first-order valence-corrected chi connectivity index (χ1v) is 7.73. The van der Waals surface area contributed by atoms with E-state index in [0.29, 0.717) is 12.0 Å². The molecule has 3 N–H and O–H groups in total. The van der Waals surface area contributed by atoms with E-state index in [1.807, 2.05) is 6.07 Å². The molecule has 1 saturated carbocycles. The fraction of sp³-hybridized carbons (Fsp3) is 0.647. The van der Waals surface area contributed by atoms with Crippen molar-refractivity contribution in [1.29, 1.82) is 0 Å². The van der Waals surface area contributed by atoms with E-state index in [0.717, 1.165) is 18.0 Å². The second-order valence-corrected chi connectivity index (χ2v) is 6.69. The first-order chi connectivity index (χ1) is 9.52. The third-order valence-corrected chi connectivity index (χ3v) is 4.42. The molecule has 0 aliphatic heterocycles. The smallest absolute Gasteiger partial charge is 0.161 e. The molecule has 0 spiro atoms. The van der Waals surface area contributed by atoms with Crippen molar-refractivity contribution in [1.82, 2.24) is 5.32 Å². The summed E-state index contributed by atoms with van der Waals surface area (Å²) in [5, 5.41) is 22.8. The van der Waals surface area contributed by atoms with Gasteiger partial charge in [0, 0.05) is 18.7 Å². The number of rotatable bonds is 6. The summed E-state index contributed by atoms with van der Waals surface area (Å²) in [6, 6.07) is 5.13. The van der Waals surface area contributed by atoms with Gasteiger partial charge in [-0.3, -0.25) is 0 Å². The zero-order chi connectivity index (χ0) is 14.6. The van der Waals surface area contributed by atoms with Crippen LogP contribution in [-0.2, 0) is 6.54 Å². The Labute approximate surface area is 122 Å². The minimum Gasteiger partial charge on any atom is -0.504 e. The quantitative estimate of drug-likeness (QED) is 0.693. The molecule has 112 valence electrons. The van der Waals surface area contributed by atoms with Crippen molar-refractivity contribution in [3.63, 3.8) is 0 Å². The second-order valence-electron chi connectivity index (χ2n) is 6.69. The van der Waals surface area contributed by atoms with Gasteiger partial charge in [0.15, 0.2) is 11.5 Å². The van der Waals surface area contributed by atoms with Gasteiger partial charge < -0.3 is 15.5 Å². The van der Waals surface area contributed by atoms with Gasteiger partial charge in [0.05, 0.1) is 0 Å². The summed E-state index contributed by atoms with van der Waals surface area (Å²) in [6.07, 6.45) is 6.57.